The molecule has 0 saturated carbocycles. The summed E-state index contributed by atoms with van der Waals surface area (Å²) in [6, 6.07) is 13.8. The number of nitrogens with one attached hydrogen (secondary N) is 2. The molecule has 4 aromatic rings. The van der Waals surface area contributed by atoms with Gasteiger partial charge in [0.25, 0.3) is 0 Å². The number of rotatable bonds is 6. The van der Waals surface area contributed by atoms with Crippen LogP contribution in [0.5, 0.6) is 0 Å². The highest BCUT2D eigenvalue weighted by Gasteiger charge is 2.12. The lowest BCUT2D eigenvalue weighted by Crippen LogP contribution is -2.07. The Kier molecular flexibility index (Phi) is 5.21. The average molecular weight is 383 g/mol. The van der Waals surface area contributed by atoms with Crippen molar-refractivity contribution in [1.29, 1.82) is 5.26 Å². The highest BCUT2D eigenvalue weighted by atomic mass is 16.1. The van der Waals surface area contributed by atoms with E-state index in [1.54, 1.807) is 18.6 Å². The molecule has 4 rings (SSSR count). The third-order valence-corrected chi connectivity index (χ3v) is 5.12. The van der Waals surface area contributed by atoms with Crippen LogP contribution in [0.1, 0.15) is 28.8 Å². The number of aryl methyl sites for hydroxylation is 4. The maximum Gasteiger partial charge on any atom is 0.248 e. The number of aromatic nitrogens is 4. The van der Waals surface area contributed by atoms with E-state index in [1.807, 2.05) is 6.07 Å². The van der Waals surface area contributed by atoms with Crippen molar-refractivity contribution >= 4 is 10.9 Å². The van der Waals surface area contributed by atoms with Gasteiger partial charge >= 0.3 is 0 Å². The van der Waals surface area contributed by atoms with Crippen LogP contribution >= 0.6 is 0 Å². The van der Waals surface area contributed by atoms with E-state index in [0.717, 1.165) is 58.4 Å². The number of benzene rings is 1. The van der Waals surface area contributed by atoms with Crippen molar-refractivity contribution < 1.29 is 0 Å². The molecule has 0 amide bonds. The fraction of sp³-hybridized carbons (Fsp3) is 0.217. The standard InChI is InChI=1S/C23H21N5O/c1-15-10-20-19(11-16(15)4-3-9-24)17(7-8-18-5-2-6-23(29)27-18)12-21(28-20)22-13-25-14-26-22/h2,5-6,10-14H,3-4,7-8H2,1H3,(H,25,26)(H,27,29). The zero-order valence-corrected chi connectivity index (χ0v) is 16.2. The first-order valence-corrected chi connectivity index (χ1v) is 9.61. The smallest absolute Gasteiger partial charge is 0.248 e. The van der Waals surface area contributed by atoms with Gasteiger partial charge in [-0.2, -0.15) is 5.26 Å². The molecular weight excluding hydrogens is 362 g/mol. The summed E-state index contributed by atoms with van der Waals surface area (Å²) < 4.78 is 0. The summed E-state index contributed by atoms with van der Waals surface area (Å²) in [7, 11) is 0. The molecule has 2 N–H and O–H groups in total. The summed E-state index contributed by atoms with van der Waals surface area (Å²) in [6.07, 6.45) is 6.12. The van der Waals surface area contributed by atoms with Gasteiger partial charge in [0, 0.05) is 23.6 Å². The Labute approximate surface area is 168 Å². The number of H-pyrrole nitrogens is 2. The molecule has 0 aliphatic carbocycles. The summed E-state index contributed by atoms with van der Waals surface area (Å²) in [4.78, 5) is 26.6. The van der Waals surface area contributed by atoms with Gasteiger partial charge in [-0.1, -0.05) is 6.07 Å². The molecule has 0 aliphatic heterocycles. The first-order chi connectivity index (χ1) is 14.1. The number of hydrogen-bond donors (Lipinski definition) is 2. The monoisotopic (exact) mass is 383 g/mol. The van der Waals surface area contributed by atoms with Gasteiger partial charge in [-0.15, -0.1) is 0 Å². The Morgan fingerprint density at radius 3 is 2.76 bits per heavy atom. The van der Waals surface area contributed by atoms with Gasteiger partial charge in [0.05, 0.1) is 35.5 Å². The zero-order valence-electron chi connectivity index (χ0n) is 16.2. The van der Waals surface area contributed by atoms with E-state index in [4.69, 9.17) is 10.2 Å². The number of aromatic amines is 2. The molecule has 0 fully saturated rings. The molecule has 0 bridgehead atoms. The summed E-state index contributed by atoms with van der Waals surface area (Å²) >= 11 is 0. The largest absolute Gasteiger partial charge is 0.343 e. The second kappa shape index (κ2) is 8.11. The number of fused-ring (bicyclic) bond motifs is 1. The van der Waals surface area contributed by atoms with Crippen LogP contribution in [0.4, 0.5) is 0 Å². The van der Waals surface area contributed by atoms with Crippen molar-refractivity contribution in [3.05, 3.63) is 81.7 Å². The molecule has 0 aliphatic rings. The molecule has 0 atom stereocenters. The van der Waals surface area contributed by atoms with Crippen molar-refractivity contribution in [2.24, 2.45) is 0 Å². The number of hydrogen-bond acceptors (Lipinski definition) is 4. The molecule has 0 radical (unpaired) electrons. The molecule has 6 heteroatoms. The van der Waals surface area contributed by atoms with Crippen molar-refractivity contribution in [1.82, 2.24) is 19.9 Å². The second-order valence-electron chi connectivity index (χ2n) is 7.13. The van der Waals surface area contributed by atoms with Crippen molar-refractivity contribution in [2.75, 3.05) is 0 Å². The van der Waals surface area contributed by atoms with Crippen LogP contribution in [0.15, 0.2) is 53.7 Å². The quantitative estimate of drug-likeness (QED) is 0.528. The second-order valence-corrected chi connectivity index (χ2v) is 7.13. The molecule has 3 aromatic heterocycles. The van der Waals surface area contributed by atoms with Crippen molar-refractivity contribution in [2.45, 2.75) is 32.6 Å². The van der Waals surface area contributed by atoms with E-state index in [-0.39, 0.29) is 5.56 Å². The van der Waals surface area contributed by atoms with E-state index in [1.165, 1.54) is 11.6 Å². The molecule has 0 saturated heterocycles. The first kappa shape index (κ1) is 18.6. The van der Waals surface area contributed by atoms with Crippen LogP contribution < -0.4 is 5.56 Å². The fourth-order valence-corrected chi connectivity index (χ4v) is 3.60. The van der Waals surface area contributed by atoms with Gasteiger partial charge in [0.15, 0.2) is 0 Å². The van der Waals surface area contributed by atoms with Crippen LogP contribution in [0.2, 0.25) is 0 Å². The van der Waals surface area contributed by atoms with Gasteiger partial charge in [-0.3, -0.25) is 4.79 Å². The zero-order chi connectivity index (χ0) is 20.2. The SMILES string of the molecule is Cc1cc2nc(-c3cnc[nH]3)cc(CCc3cccc(=O)[nH]3)c2cc1CCC#N. The van der Waals surface area contributed by atoms with Crippen LogP contribution in [0.25, 0.3) is 22.3 Å². The molecule has 1 aromatic carbocycles. The van der Waals surface area contributed by atoms with E-state index in [2.05, 4.69) is 46.1 Å². The summed E-state index contributed by atoms with van der Waals surface area (Å²) in [5.41, 5.74) is 6.92. The lowest BCUT2D eigenvalue weighted by molar-refractivity contribution is 0.908. The van der Waals surface area contributed by atoms with Crippen LogP contribution in [-0.2, 0) is 19.3 Å². The minimum absolute atomic E-state index is 0.0883. The minimum Gasteiger partial charge on any atom is -0.343 e. The van der Waals surface area contributed by atoms with Crippen molar-refractivity contribution in [3.63, 3.8) is 0 Å². The van der Waals surface area contributed by atoms with E-state index >= 15 is 0 Å². The Hall–Kier alpha value is -3.72. The molecule has 6 nitrogen and oxygen atoms in total. The van der Waals surface area contributed by atoms with Crippen LogP contribution in [0, 0.1) is 18.3 Å². The molecule has 0 spiro atoms. The topological polar surface area (TPSA) is 98.2 Å². The highest BCUT2D eigenvalue weighted by Crippen LogP contribution is 2.28. The lowest BCUT2D eigenvalue weighted by atomic mass is 9.95. The number of imidazole rings is 1. The van der Waals surface area contributed by atoms with Gasteiger partial charge in [0.2, 0.25) is 5.56 Å². The third-order valence-electron chi connectivity index (χ3n) is 5.12. The molecule has 3 heterocycles. The van der Waals surface area contributed by atoms with Gasteiger partial charge < -0.3 is 9.97 Å². The van der Waals surface area contributed by atoms with Crippen LogP contribution in [-0.4, -0.2) is 19.9 Å². The van der Waals surface area contributed by atoms with Gasteiger partial charge in [-0.05, 0) is 67.1 Å². The van der Waals surface area contributed by atoms with Gasteiger partial charge in [-0.25, -0.2) is 9.97 Å². The lowest BCUT2D eigenvalue weighted by Gasteiger charge is -2.13. The average Bonchev–Trinajstić information content (AvgIpc) is 3.25. The van der Waals surface area contributed by atoms with Crippen molar-refractivity contribution in [3.8, 4) is 17.5 Å². The molecular formula is C23H21N5O. The Morgan fingerprint density at radius 1 is 1.10 bits per heavy atom. The van der Waals surface area contributed by atoms with E-state index < -0.39 is 0 Å². The summed E-state index contributed by atoms with van der Waals surface area (Å²) in [6.45, 7) is 2.06. The molecule has 29 heavy (non-hydrogen) atoms. The van der Waals surface area contributed by atoms with E-state index in [9.17, 15) is 4.79 Å². The molecule has 144 valence electrons. The normalized spacial score (nSPS) is 10.9. The Balaban J connectivity index is 1.79. The Morgan fingerprint density at radius 2 is 2.00 bits per heavy atom. The predicted octanol–water partition coefficient (Wildman–Crippen LogP) is 3.86. The summed E-state index contributed by atoms with van der Waals surface area (Å²) in [5.74, 6) is 0. The number of nitriles is 1. The minimum atomic E-state index is -0.0883. The maximum atomic E-state index is 11.6. The first-order valence-electron chi connectivity index (χ1n) is 9.61. The summed E-state index contributed by atoms with van der Waals surface area (Å²) in [5, 5.41) is 10.0. The number of pyridine rings is 2. The molecule has 0 unspecified atom stereocenters. The van der Waals surface area contributed by atoms with Gasteiger partial charge in [0.1, 0.15) is 0 Å². The number of nitrogens with zero attached hydrogens (tertiary/aromatic N) is 3. The highest BCUT2D eigenvalue weighted by molar-refractivity contribution is 5.86. The van der Waals surface area contributed by atoms with E-state index in [0.29, 0.717) is 6.42 Å². The third kappa shape index (κ3) is 4.09. The maximum absolute atomic E-state index is 11.6. The Bertz CT molecular complexity index is 1250. The van der Waals surface area contributed by atoms with Crippen LogP contribution in [0.3, 0.4) is 0 Å². The fourth-order valence-electron chi connectivity index (χ4n) is 3.60. The predicted molar refractivity (Wildman–Crippen MR) is 112 cm³/mol.